The smallest absolute Gasteiger partial charge is 0.410 e. The number of nitrogens with zero attached hydrogens (tertiary/aromatic N) is 4. The molecule has 198 valence electrons. The van der Waals surface area contributed by atoms with Gasteiger partial charge in [-0.05, 0) is 67.9 Å². The van der Waals surface area contributed by atoms with Crippen LogP contribution in [0, 0.1) is 17.8 Å². The van der Waals surface area contributed by atoms with Crippen molar-refractivity contribution in [3.8, 4) is 11.1 Å². The highest BCUT2D eigenvalue weighted by Gasteiger charge is 2.43. The molecule has 9 nitrogen and oxygen atoms in total. The molecule has 2 aliphatic carbocycles. The lowest BCUT2D eigenvalue weighted by molar-refractivity contribution is -0.141. The minimum absolute atomic E-state index is 0.0243. The first-order valence-corrected chi connectivity index (χ1v) is 13.4. The molecule has 0 N–H and O–H groups in total. The quantitative estimate of drug-likeness (QED) is 0.545. The summed E-state index contributed by atoms with van der Waals surface area (Å²) >= 11 is 0. The Hall–Kier alpha value is -3.23. The molecule has 0 aromatic carbocycles. The monoisotopic (exact) mass is 508 g/mol. The molecular weight excluding hydrogens is 472 g/mol. The van der Waals surface area contributed by atoms with Crippen LogP contribution in [0.5, 0.6) is 0 Å². The van der Waals surface area contributed by atoms with Crippen LogP contribution in [0.25, 0.3) is 11.1 Å². The van der Waals surface area contributed by atoms with Crippen LogP contribution in [0.3, 0.4) is 0 Å². The summed E-state index contributed by atoms with van der Waals surface area (Å²) in [5, 5.41) is 0. The third-order valence-corrected chi connectivity index (χ3v) is 8.49. The third kappa shape index (κ3) is 5.70. The zero-order valence-electron chi connectivity index (χ0n) is 21.7. The molecule has 37 heavy (non-hydrogen) atoms. The minimum atomic E-state index is -0.228. The van der Waals surface area contributed by atoms with Gasteiger partial charge < -0.3 is 18.9 Å². The number of esters is 1. The molecule has 3 heterocycles. The van der Waals surface area contributed by atoms with Crippen LogP contribution in [0.1, 0.15) is 63.1 Å². The van der Waals surface area contributed by atoms with E-state index in [1.54, 1.807) is 36.6 Å². The van der Waals surface area contributed by atoms with Crippen molar-refractivity contribution in [3.63, 3.8) is 0 Å². The Morgan fingerprint density at radius 3 is 2.49 bits per heavy atom. The number of pyridine rings is 1. The van der Waals surface area contributed by atoms with Gasteiger partial charge in [0.25, 0.3) is 5.56 Å². The number of amides is 1. The predicted octanol–water partition coefficient (Wildman–Crippen LogP) is 3.92. The number of hydrogen-bond donors (Lipinski definition) is 0. The van der Waals surface area contributed by atoms with Crippen LogP contribution in [-0.2, 0) is 21.3 Å². The van der Waals surface area contributed by atoms with Crippen LogP contribution in [0.2, 0.25) is 0 Å². The highest BCUT2D eigenvalue weighted by Crippen LogP contribution is 2.46. The summed E-state index contributed by atoms with van der Waals surface area (Å²) < 4.78 is 12.5. The van der Waals surface area contributed by atoms with E-state index in [9.17, 15) is 14.4 Å². The zero-order chi connectivity index (χ0) is 25.9. The molecule has 3 fully saturated rings. The lowest BCUT2D eigenvalue weighted by Gasteiger charge is -2.45. The van der Waals surface area contributed by atoms with Crippen molar-refractivity contribution in [2.75, 3.05) is 20.2 Å². The Balaban J connectivity index is 1.16. The second kappa shape index (κ2) is 11.0. The molecule has 2 aromatic rings. The summed E-state index contributed by atoms with van der Waals surface area (Å²) in [4.78, 5) is 47.5. The summed E-state index contributed by atoms with van der Waals surface area (Å²) in [6, 6.07) is 3.45. The lowest BCUT2D eigenvalue weighted by Crippen LogP contribution is -2.45. The molecule has 1 saturated heterocycles. The molecule has 3 aliphatic rings. The topological polar surface area (TPSA) is 104 Å². The van der Waals surface area contributed by atoms with Crippen molar-refractivity contribution >= 4 is 12.1 Å². The molecule has 0 spiro atoms. The van der Waals surface area contributed by atoms with Crippen LogP contribution in [-0.4, -0.2) is 57.8 Å². The first kappa shape index (κ1) is 25.4. The average molecular weight is 509 g/mol. The molecule has 3 atom stereocenters. The number of carbonyl (C=O) groups is 2. The maximum atomic E-state index is 13.1. The number of rotatable bonds is 6. The molecule has 1 amide bonds. The van der Waals surface area contributed by atoms with Crippen LogP contribution >= 0.6 is 0 Å². The fourth-order valence-electron chi connectivity index (χ4n) is 6.42. The van der Waals surface area contributed by atoms with Gasteiger partial charge in [0.1, 0.15) is 11.9 Å². The molecule has 9 heteroatoms. The van der Waals surface area contributed by atoms with Crippen LogP contribution < -0.4 is 5.56 Å². The number of aryl methyl sites for hydroxylation is 1. The summed E-state index contributed by atoms with van der Waals surface area (Å²) in [5.74, 6) is 1.89. The number of hydrogen-bond acceptors (Lipinski definition) is 7. The van der Waals surface area contributed by atoms with Crippen LogP contribution in [0.4, 0.5) is 4.79 Å². The standard InChI is InChI=1S/C28H36N4O5/c1-31-10-8-19(14-24(31)33)23-15-29-27(30-16-23)22-9-11-32(17-22)28(35)37-26-20-4-3-5-21(26)13-18(12-20)6-7-25(34)36-2/h8,10,14-16,18,20-22,26H,3-7,9,11-13,17H2,1-2H3. The van der Waals surface area contributed by atoms with E-state index in [0.29, 0.717) is 43.1 Å². The maximum Gasteiger partial charge on any atom is 0.410 e. The molecule has 1 aliphatic heterocycles. The van der Waals surface area contributed by atoms with Crippen molar-refractivity contribution in [1.29, 1.82) is 0 Å². The molecule has 2 aromatic heterocycles. The van der Waals surface area contributed by atoms with Crippen molar-refractivity contribution < 1.29 is 19.1 Å². The molecular formula is C28H36N4O5. The van der Waals surface area contributed by atoms with Gasteiger partial charge in [0.15, 0.2) is 0 Å². The second-order valence-electron chi connectivity index (χ2n) is 10.9. The first-order valence-electron chi connectivity index (χ1n) is 13.4. The van der Waals surface area contributed by atoms with Gasteiger partial charge >= 0.3 is 12.1 Å². The van der Waals surface area contributed by atoms with Crippen molar-refractivity contribution in [2.24, 2.45) is 24.8 Å². The maximum absolute atomic E-state index is 13.1. The number of likely N-dealkylation sites (tertiary alicyclic amines) is 1. The predicted molar refractivity (Wildman–Crippen MR) is 137 cm³/mol. The normalized spacial score (nSPS) is 27.1. The van der Waals surface area contributed by atoms with E-state index in [1.165, 1.54) is 18.1 Å². The highest BCUT2D eigenvalue weighted by molar-refractivity contribution is 5.69. The first-order chi connectivity index (χ1) is 17.9. The zero-order valence-corrected chi connectivity index (χ0v) is 21.7. The molecule has 2 bridgehead atoms. The van der Waals surface area contributed by atoms with E-state index in [1.807, 2.05) is 6.07 Å². The van der Waals surface area contributed by atoms with E-state index in [4.69, 9.17) is 9.47 Å². The Morgan fingerprint density at radius 1 is 1.08 bits per heavy atom. The van der Waals surface area contributed by atoms with E-state index in [0.717, 1.165) is 49.7 Å². The fourth-order valence-corrected chi connectivity index (χ4v) is 6.42. The largest absolute Gasteiger partial charge is 0.469 e. The van der Waals surface area contributed by atoms with Crippen LogP contribution in [0.15, 0.2) is 35.5 Å². The molecule has 2 saturated carbocycles. The van der Waals surface area contributed by atoms with Gasteiger partial charge in [0, 0.05) is 62.7 Å². The van der Waals surface area contributed by atoms with E-state index in [-0.39, 0.29) is 29.6 Å². The number of ether oxygens (including phenoxy) is 2. The van der Waals surface area contributed by atoms with Gasteiger partial charge in [-0.15, -0.1) is 0 Å². The molecule has 0 radical (unpaired) electrons. The fraction of sp³-hybridized carbons (Fsp3) is 0.607. The molecule has 3 unspecified atom stereocenters. The van der Waals surface area contributed by atoms with E-state index < -0.39 is 0 Å². The number of carbonyl (C=O) groups excluding carboxylic acids is 2. The Morgan fingerprint density at radius 2 is 1.81 bits per heavy atom. The Bertz CT molecular complexity index is 1170. The van der Waals surface area contributed by atoms with Gasteiger partial charge in [-0.25, -0.2) is 14.8 Å². The van der Waals surface area contributed by atoms with Crippen molar-refractivity contribution in [2.45, 2.75) is 63.4 Å². The van der Waals surface area contributed by atoms with Gasteiger partial charge in [0.2, 0.25) is 0 Å². The van der Waals surface area contributed by atoms with Gasteiger partial charge in [-0.2, -0.15) is 0 Å². The minimum Gasteiger partial charge on any atom is -0.469 e. The van der Waals surface area contributed by atoms with E-state index >= 15 is 0 Å². The number of fused-ring (bicyclic) bond motifs is 2. The average Bonchev–Trinajstić information content (AvgIpc) is 3.40. The SMILES string of the molecule is COC(=O)CCC1CC2CCCC(C1)C2OC(=O)N1CCC(c2ncc(-c3ccn(C)c(=O)c3)cn2)C1. The number of aromatic nitrogens is 3. The van der Waals surface area contributed by atoms with Gasteiger partial charge in [-0.3, -0.25) is 9.59 Å². The van der Waals surface area contributed by atoms with Gasteiger partial charge in [0.05, 0.1) is 7.11 Å². The van der Waals surface area contributed by atoms with Crippen molar-refractivity contribution in [3.05, 3.63) is 46.9 Å². The second-order valence-corrected chi connectivity index (χ2v) is 10.9. The summed E-state index contributed by atoms with van der Waals surface area (Å²) in [7, 11) is 3.15. The third-order valence-electron chi connectivity index (χ3n) is 8.49. The highest BCUT2D eigenvalue weighted by atomic mass is 16.6. The Labute approximate surface area is 217 Å². The van der Waals surface area contributed by atoms with E-state index in [2.05, 4.69) is 9.97 Å². The lowest BCUT2D eigenvalue weighted by atomic mass is 9.65. The Kier molecular flexibility index (Phi) is 7.58. The number of methoxy groups -OCH3 is 1. The summed E-state index contributed by atoms with van der Waals surface area (Å²) in [6.07, 6.45) is 12.5. The van der Waals surface area contributed by atoms with Gasteiger partial charge in [-0.1, -0.05) is 6.42 Å². The summed E-state index contributed by atoms with van der Waals surface area (Å²) in [5.41, 5.74) is 1.51. The van der Waals surface area contributed by atoms with Crippen molar-refractivity contribution in [1.82, 2.24) is 19.4 Å². The molecule has 5 rings (SSSR count). The summed E-state index contributed by atoms with van der Waals surface area (Å²) in [6.45, 7) is 1.18.